The lowest BCUT2D eigenvalue weighted by molar-refractivity contribution is 0.185. The number of piperidine rings is 1. The molecule has 2 aliphatic rings. The zero-order valence-corrected chi connectivity index (χ0v) is 5.83. The zero-order chi connectivity index (χ0) is 7.14. The first kappa shape index (κ1) is 6.58. The van der Waals surface area contributed by atoms with E-state index in [0.717, 1.165) is 6.42 Å². The van der Waals surface area contributed by atoms with E-state index in [1.54, 1.807) is 0 Å². The smallest absolute Gasteiger partial charge is 0.0474 e. The Hall–Kier alpha value is -0.120. The summed E-state index contributed by atoms with van der Waals surface area (Å²) in [6, 6.07) is 1.03. The van der Waals surface area contributed by atoms with Gasteiger partial charge in [-0.1, -0.05) is 0 Å². The highest BCUT2D eigenvalue weighted by Gasteiger charge is 2.53. The molecule has 58 valence electrons. The van der Waals surface area contributed by atoms with Crippen LogP contribution in [0.2, 0.25) is 0 Å². The van der Waals surface area contributed by atoms with Gasteiger partial charge in [-0.15, -0.1) is 0 Å². The summed E-state index contributed by atoms with van der Waals surface area (Å²) in [5.41, 5.74) is 0. The third-order valence-electron chi connectivity index (χ3n) is 2.75. The Bertz CT molecular complexity index is 126. The Kier molecular flexibility index (Phi) is 1.44. The van der Waals surface area contributed by atoms with Crippen molar-refractivity contribution >= 4 is 0 Å². The maximum Gasteiger partial charge on any atom is 0.0474 e. The average molecular weight is 143 g/mol. The second-order valence-corrected chi connectivity index (χ2v) is 3.34. The van der Waals surface area contributed by atoms with E-state index >= 15 is 0 Å². The van der Waals surface area contributed by atoms with Crippen molar-refractivity contribution < 1.29 is 10.2 Å². The van der Waals surface area contributed by atoms with Crippen molar-refractivity contribution in [3.05, 3.63) is 0 Å². The van der Waals surface area contributed by atoms with Gasteiger partial charge in [0.2, 0.25) is 0 Å². The van der Waals surface area contributed by atoms with E-state index in [-0.39, 0.29) is 13.2 Å². The van der Waals surface area contributed by atoms with Gasteiger partial charge in [0, 0.05) is 25.3 Å². The molecule has 0 aromatic rings. The molecule has 2 rings (SSSR count). The second kappa shape index (κ2) is 2.19. The molecule has 4 atom stereocenters. The summed E-state index contributed by atoms with van der Waals surface area (Å²) in [4.78, 5) is 0. The van der Waals surface area contributed by atoms with Crippen molar-refractivity contribution in [1.29, 1.82) is 0 Å². The van der Waals surface area contributed by atoms with Gasteiger partial charge in [-0.3, -0.25) is 0 Å². The van der Waals surface area contributed by atoms with Crippen molar-refractivity contribution in [2.24, 2.45) is 11.8 Å². The summed E-state index contributed by atoms with van der Waals surface area (Å²) in [7, 11) is 0. The van der Waals surface area contributed by atoms with E-state index in [0.29, 0.717) is 23.9 Å². The molecule has 0 aromatic carbocycles. The molecule has 0 amide bonds. The van der Waals surface area contributed by atoms with Crippen molar-refractivity contribution in [3.8, 4) is 0 Å². The van der Waals surface area contributed by atoms with E-state index in [1.807, 2.05) is 0 Å². The van der Waals surface area contributed by atoms with Crippen LogP contribution in [0.15, 0.2) is 0 Å². The SMILES string of the molecule is OCC1CC(CO)C2NC12. The van der Waals surface area contributed by atoms with Gasteiger partial charge in [0.1, 0.15) is 0 Å². The summed E-state index contributed by atoms with van der Waals surface area (Å²) >= 11 is 0. The fourth-order valence-electron chi connectivity index (χ4n) is 2.08. The van der Waals surface area contributed by atoms with Gasteiger partial charge in [0.15, 0.2) is 0 Å². The van der Waals surface area contributed by atoms with E-state index < -0.39 is 0 Å². The summed E-state index contributed by atoms with van der Waals surface area (Å²) in [6.45, 7) is 0.537. The lowest BCUT2D eigenvalue weighted by atomic mass is 10.0. The zero-order valence-electron chi connectivity index (χ0n) is 5.83. The lowest BCUT2D eigenvalue weighted by Gasteiger charge is -2.10. The van der Waals surface area contributed by atoms with E-state index in [1.165, 1.54) is 0 Å². The van der Waals surface area contributed by atoms with Gasteiger partial charge >= 0.3 is 0 Å². The van der Waals surface area contributed by atoms with Crippen LogP contribution in [-0.4, -0.2) is 35.5 Å². The van der Waals surface area contributed by atoms with E-state index in [2.05, 4.69) is 5.32 Å². The highest BCUT2D eigenvalue weighted by Crippen LogP contribution is 2.40. The predicted molar refractivity (Wildman–Crippen MR) is 36.5 cm³/mol. The summed E-state index contributed by atoms with van der Waals surface area (Å²) in [6.07, 6.45) is 0.995. The predicted octanol–water partition coefficient (Wildman–Crippen LogP) is -1.05. The van der Waals surface area contributed by atoms with E-state index in [4.69, 9.17) is 10.2 Å². The maximum atomic E-state index is 8.85. The molecule has 1 heterocycles. The summed E-state index contributed by atoms with van der Waals surface area (Å²) in [5.74, 6) is 0.810. The van der Waals surface area contributed by atoms with E-state index in [9.17, 15) is 0 Å². The molecule has 1 saturated carbocycles. The summed E-state index contributed by atoms with van der Waals surface area (Å²) < 4.78 is 0. The molecular weight excluding hydrogens is 130 g/mol. The molecule has 2 fully saturated rings. The minimum Gasteiger partial charge on any atom is -0.396 e. The van der Waals surface area contributed by atoms with Gasteiger partial charge in [-0.2, -0.15) is 0 Å². The lowest BCUT2D eigenvalue weighted by Crippen LogP contribution is -2.18. The second-order valence-electron chi connectivity index (χ2n) is 3.34. The van der Waals surface area contributed by atoms with Crippen LogP contribution in [0, 0.1) is 11.8 Å². The molecule has 1 aliphatic carbocycles. The molecule has 3 N–H and O–H groups in total. The highest BCUT2D eigenvalue weighted by molar-refractivity contribution is 5.11. The van der Waals surface area contributed by atoms with Gasteiger partial charge in [-0.25, -0.2) is 0 Å². The number of hydrogen-bond acceptors (Lipinski definition) is 3. The molecule has 4 unspecified atom stereocenters. The minimum atomic E-state index is 0.269. The van der Waals surface area contributed by atoms with Gasteiger partial charge in [-0.05, 0) is 18.3 Å². The highest BCUT2D eigenvalue weighted by atomic mass is 16.3. The molecule has 10 heavy (non-hydrogen) atoms. The van der Waals surface area contributed by atoms with Crippen molar-refractivity contribution in [3.63, 3.8) is 0 Å². The third kappa shape index (κ3) is 0.779. The monoisotopic (exact) mass is 143 g/mol. The van der Waals surface area contributed by atoms with Crippen LogP contribution < -0.4 is 5.32 Å². The molecule has 0 spiro atoms. The minimum absolute atomic E-state index is 0.269. The Morgan fingerprint density at radius 2 is 1.60 bits per heavy atom. The van der Waals surface area contributed by atoms with Crippen molar-refractivity contribution in [2.45, 2.75) is 18.5 Å². The topological polar surface area (TPSA) is 62.4 Å². The number of fused-ring (bicyclic) bond motifs is 1. The fourth-order valence-corrected chi connectivity index (χ4v) is 2.08. The quantitative estimate of drug-likeness (QED) is 0.432. The van der Waals surface area contributed by atoms with Crippen LogP contribution in [0.3, 0.4) is 0 Å². The first-order valence-corrected chi connectivity index (χ1v) is 3.84. The third-order valence-corrected chi connectivity index (χ3v) is 2.75. The molecule has 0 radical (unpaired) electrons. The average Bonchev–Trinajstić information content (AvgIpc) is 2.67. The Labute approximate surface area is 60.1 Å². The van der Waals surface area contributed by atoms with Crippen LogP contribution in [0.25, 0.3) is 0 Å². The largest absolute Gasteiger partial charge is 0.396 e. The Balaban J connectivity index is 1.95. The maximum absolute atomic E-state index is 8.85. The van der Waals surface area contributed by atoms with Crippen LogP contribution >= 0.6 is 0 Å². The molecular formula is C7H13NO2. The molecule has 0 aromatic heterocycles. The number of aliphatic hydroxyl groups excluding tert-OH is 2. The first-order valence-electron chi connectivity index (χ1n) is 3.84. The van der Waals surface area contributed by atoms with Crippen LogP contribution in [0.4, 0.5) is 0 Å². The summed E-state index contributed by atoms with van der Waals surface area (Å²) in [5, 5.41) is 21.0. The van der Waals surface area contributed by atoms with Crippen LogP contribution in [0.5, 0.6) is 0 Å². The van der Waals surface area contributed by atoms with Crippen LogP contribution in [-0.2, 0) is 0 Å². The van der Waals surface area contributed by atoms with Crippen molar-refractivity contribution in [1.82, 2.24) is 5.32 Å². The Morgan fingerprint density at radius 1 is 1.10 bits per heavy atom. The van der Waals surface area contributed by atoms with Gasteiger partial charge in [0.05, 0.1) is 0 Å². The van der Waals surface area contributed by atoms with Crippen LogP contribution in [0.1, 0.15) is 6.42 Å². The number of hydrogen-bond donors (Lipinski definition) is 3. The molecule has 3 heteroatoms. The van der Waals surface area contributed by atoms with Crippen molar-refractivity contribution in [2.75, 3.05) is 13.2 Å². The Morgan fingerprint density at radius 3 is 1.90 bits per heavy atom. The number of rotatable bonds is 2. The van der Waals surface area contributed by atoms with Gasteiger partial charge < -0.3 is 15.5 Å². The first-order chi connectivity index (χ1) is 4.86. The number of nitrogens with one attached hydrogen (secondary N) is 1. The number of aliphatic hydroxyl groups is 2. The molecule has 0 bridgehead atoms. The van der Waals surface area contributed by atoms with Gasteiger partial charge in [0.25, 0.3) is 0 Å². The normalized spacial score (nSPS) is 51.0. The standard InChI is InChI=1S/C7H13NO2/c9-2-4-1-5(3-10)7-6(4)8-7/h4-10H,1-3H2. The molecule has 1 saturated heterocycles. The molecule has 1 aliphatic heterocycles. The molecule has 3 nitrogen and oxygen atoms in total. The fraction of sp³-hybridized carbons (Fsp3) is 1.00.